The van der Waals surface area contributed by atoms with E-state index in [2.05, 4.69) is 10.3 Å². The predicted molar refractivity (Wildman–Crippen MR) is 85.6 cm³/mol. The molecule has 1 aromatic heterocycles. The van der Waals surface area contributed by atoms with Crippen molar-refractivity contribution in [3.8, 4) is 11.6 Å². The lowest BCUT2D eigenvalue weighted by molar-refractivity contribution is 0.459. The molecular formula is C15H13Cl3N2O. The van der Waals surface area contributed by atoms with E-state index in [4.69, 9.17) is 39.5 Å². The molecule has 1 heterocycles. The van der Waals surface area contributed by atoms with Gasteiger partial charge in [-0.05, 0) is 37.1 Å². The monoisotopic (exact) mass is 342 g/mol. The Morgan fingerprint density at radius 3 is 2.62 bits per heavy atom. The van der Waals surface area contributed by atoms with E-state index >= 15 is 0 Å². The van der Waals surface area contributed by atoms with Gasteiger partial charge in [0.1, 0.15) is 5.75 Å². The summed E-state index contributed by atoms with van der Waals surface area (Å²) < 4.78 is 5.69. The number of nitrogens with zero attached hydrogens (tertiary/aromatic N) is 1. The summed E-state index contributed by atoms with van der Waals surface area (Å²) in [6, 6.07) is 9.14. The highest BCUT2D eigenvalue weighted by Crippen LogP contribution is 2.31. The highest BCUT2D eigenvalue weighted by Gasteiger charge is 2.20. The van der Waals surface area contributed by atoms with Crippen molar-refractivity contribution in [1.29, 1.82) is 0 Å². The first kappa shape index (κ1) is 14.9. The third-order valence-corrected chi connectivity index (χ3v) is 4.01. The Hall–Kier alpha value is -1.00. The number of hydrogen-bond donors (Lipinski definition) is 1. The van der Waals surface area contributed by atoms with Gasteiger partial charge in [0.2, 0.25) is 5.88 Å². The van der Waals surface area contributed by atoms with Crippen molar-refractivity contribution in [2.45, 2.75) is 25.4 Å². The smallest absolute Gasteiger partial charge is 0.219 e. The fraction of sp³-hybridized carbons (Fsp3) is 0.267. The summed E-state index contributed by atoms with van der Waals surface area (Å²) in [4.78, 5) is 4.42. The van der Waals surface area contributed by atoms with E-state index in [-0.39, 0.29) is 0 Å². The van der Waals surface area contributed by atoms with Crippen molar-refractivity contribution >= 4 is 34.8 Å². The first-order valence-electron chi connectivity index (χ1n) is 6.63. The molecule has 2 aromatic rings. The van der Waals surface area contributed by atoms with Crippen LogP contribution in [0.4, 0.5) is 0 Å². The summed E-state index contributed by atoms with van der Waals surface area (Å²) >= 11 is 18.1. The van der Waals surface area contributed by atoms with Crippen LogP contribution in [0.15, 0.2) is 30.3 Å². The van der Waals surface area contributed by atoms with Crippen molar-refractivity contribution < 1.29 is 4.74 Å². The number of ether oxygens (including phenoxy) is 1. The van der Waals surface area contributed by atoms with Crippen molar-refractivity contribution in [2.24, 2.45) is 0 Å². The molecule has 110 valence electrons. The first-order chi connectivity index (χ1) is 10.1. The predicted octanol–water partition coefficient (Wildman–Crippen LogP) is 5.09. The van der Waals surface area contributed by atoms with Crippen LogP contribution >= 0.6 is 34.8 Å². The number of hydrogen-bond acceptors (Lipinski definition) is 3. The van der Waals surface area contributed by atoms with Crippen LogP contribution in [-0.2, 0) is 6.54 Å². The van der Waals surface area contributed by atoms with Gasteiger partial charge in [-0.25, -0.2) is 4.98 Å². The molecule has 1 aliphatic carbocycles. The average Bonchev–Trinajstić information content (AvgIpc) is 3.26. The van der Waals surface area contributed by atoms with Gasteiger partial charge in [0.05, 0.1) is 15.7 Å². The fourth-order valence-electron chi connectivity index (χ4n) is 1.84. The summed E-state index contributed by atoms with van der Waals surface area (Å²) in [5.74, 6) is 0.966. The second kappa shape index (κ2) is 6.41. The molecule has 1 fully saturated rings. The van der Waals surface area contributed by atoms with Crippen molar-refractivity contribution in [2.75, 3.05) is 0 Å². The Morgan fingerprint density at radius 1 is 1.10 bits per heavy atom. The minimum Gasteiger partial charge on any atom is -0.437 e. The molecule has 0 spiro atoms. The van der Waals surface area contributed by atoms with Gasteiger partial charge in [0.15, 0.2) is 0 Å². The average molecular weight is 344 g/mol. The quantitative estimate of drug-likeness (QED) is 0.821. The Bertz CT molecular complexity index is 659. The van der Waals surface area contributed by atoms with E-state index < -0.39 is 0 Å². The highest BCUT2D eigenvalue weighted by molar-refractivity contribution is 6.35. The molecule has 0 atom stereocenters. The Balaban J connectivity index is 1.76. The lowest BCUT2D eigenvalue weighted by atomic mass is 10.3. The van der Waals surface area contributed by atoms with Crippen LogP contribution in [-0.4, -0.2) is 11.0 Å². The molecule has 0 amide bonds. The van der Waals surface area contributed by atoms with Gasteiger partial charge in [-0.1, -0.05) is 34.8 Å². The van der Waals surface area contributed by atoms with Gasteiger partial charge in [-0.15, -0.1) is 0 Å². The van der Waals surface area contributed by atoms with E-state index in [1.807, 2.05) is 0 Å². The molecule has 1 aromatic carbocycles. The molecule has 0 aliphatic heterocycles. The molecule has 3 nitrogen and oxygen atoms in total. The summed E-state index contributed by atoms with van der Waals surface area (Å²) in [7, 11) is 0. The molecule has 6 heteroatoms. The van der Waals surface area contributed by atoms with Crippen LogP contribution in [0.1, 0.15) is 18.5 Å². The van der Waals surface area contributed by atoms with E-state index in [1.165, 1.54) is 12.8 Å². The first-order valence-corrected chi connectivity index (χ1v) is 7.77. The normalized spacial score (nSPS) is 14.2. The molecule has 0 saturated heterocycles. The number of aromatic nitrogens is 1. The SMILES string of the molecule is Clc1ccc(Oc2ccc(Cl)c(CNC3CC3)n2)c(Cl)c1. The molecule has 21 heavy (non-hydrogen) atoms. The van der Waals surface area contributed by atoms with Crippen LogP contribution in [0.5, 0.6) is 11.6 Å². The van der Waals surface area contributed by atoms with E-state index in [1.54, 1.807) is 30.3 Å². The second-order valence-corrected chi connectivity index (χ2v) is 6.16. The summed E-state index contributed by atoms with van der Waals surface area (Å²) in [6.07, 6.45) is 2.43. The minimum atomic E-state index is 0.442. The zero-order chi connectivity index (χ0) is 14.8. The Morgan fingerprint density at radius 2 is 1.90 bits per heavy atom. The van der Waals surface area contributed by atoms with Crippen molar-refractivity contribution in [1.82, 2.24) is 10.3 Å². The molecule has 1 saturated carbocycles. The van der Waals surface area contributed by atoms with Gasteiger partial charge in [0.25, 0.3) is 0 Å². The minimum absolute atomic E-state index is 0.442. The zero-order valence-corrected chi connectivity index (χ0v) is 13.3. The number of rotatable bonds is 5. The van der Waals surface area contributed by atoms with Crippen LogP contribution < -0.4 is 10.1 Å². The van der Waals surface area contributed by atoms with Gasteiger partial charge in [0, 0.05) is 23.7 Å². The highest BCUT2D eigenvalue weighted by atomic mass is 35.5. The lowest BCUT2D eigenvalue weighted by Crippen LogP contribution is -2.16. The maximum absolute atomic E-state index is 6.15. The van der Waals surface area contributed by atoms with Gasteiger partial charge in [-0.2, -0.15) is 0 Å². The van der Waals surface area contributed by atoms with Crippen LogP contribution in [0.25, 0.3) is 0 Å². The summed E-state index contributed by atoms with van der Waals surface area (Å²) in [5.41, 5.74) is 0.770. The van der Waals surface area contributed by atoms with E-state index in [9.17, 15) is 0 Å². The zero-order valence-electron chi connectivity index (χ0n) is 11.1. The number of halogens is 3. The standard InChI is InChI=1S/C15H13Cl3N2O/c16-9-1-5-14(12(18)7-9)21-15-6-4-11(17)13(20-15)8-19-10-2-3-10/h1,4-7,10,19H,2-3,8H2. The largest absolute Gasteiger partial charge is 0.437 e. The fourth-order valence-corrected chi connectivity index (χ4v) is 2.46. The van der Waals surface area contributed by atoms with Crippen LogP contribution in [0, 0.1) is 0 Å². The lowest BCUT2D eigenvalue weighted by Gasteiger charge is -2.10. The third kappa shape index (κ3) is 4.01. The van der Waals surface area contributed by atoms with E-state index in [0.717, 1.165) is 5.69 Å². The van der Waals surface area contributed by atoms with Gasteiger partial charge in [-0.3, -0.25) is 0 Å². The maximum atomic E-state index is 6.15. The van der Waals surface area contributed by atoms with Gasteiger partial charge < -0.3 is 10.1 Å². The van der Waals surface area contributed by atoms with Crippen molar-refractivity contribution in [3.63, 3.8) is 0 Å². The number of nitrogens with one attached hydrogen (secondary N) is 1. The molecular weight excluding hydrogens is 331 g/mol. The molecule has 0 bridgehead atoms. The van der Waals surface area contributed by atoms with Crippen LogP contribution in [0.3, 0.4) is 0 Å². The molecule has 1 N–H and O–H groups in total. The van der Waals surface area contributed by atoms with E-state index in [0.29, 0.717) is 39.3 Å². The molecule has 3 rings (SSSR count). The topological polar surface area (TPSA) is 34.1 Å². The Kier molecular flexibility index (Phi) is 4.55. The van der Waals surface area contributed by atoms with Crippen molar-refractivity contribution in [3.05, 3.63) is 51.1 Å². The van der Waals surface area contributed by atoms with Crippen LogP contribution in [0.2, 0.25) is 15.1 Å². The molecule has 0 unspecified atom stereocenters. The van der Waals surface area contributed by atoms with Gasteiger partial charge >= 0.3 is 0 Å². The maximum Gasteiger partial charge on any atom is 0.219 e. The summed E-state index contributed by atoms with van der Waals surface area (Å²) in [6.45, 7) is 0.634. The number of benzene rings is 1. The summed E-state index contributed by atoms with van der Waals surface area (Å²) in [5, 5.41) is 5.00. The number of pyridine rings is 1. The Labute approximate surface area is 138 Å². The third-order valence-electron chi connectivity index (χ3n) is 3.14. The molecule has 0 radical (unpaired) electrons. The second-order valence-electron chi connectivity index (χ2n) is 4.91. The molecule has 1 aliphatic rings.